The van der Waals surface area contributed by atoms with Gasteiger partial charge in [0, 0.05) is 18.3 Å². The van der Waals surface area contributed by atoms with Crippen LogP contribution in [0.1, 0.15) is 22.9 Å². The van der Waals surface area contributed by atoms with Crippen molar-refractivity contribution in [1.29, 1.82) is 0 Å². The first-order valence-corrected chi connectivity index (χ1v) is 6.84. The molecule has 20 heavy (non-hydrogen) atoms. The maximum atomic E-state index is 11.9. The van der Waals surface area contributed by atoms with Gasteiger partial charge >= 0.3 is 5.69 Å². The molecule has 1 atom stereocenters. The van der Waals surface area contributed by atoms with Gasteiger partial charge < -0.3 is 10.5 Å². The minimum Gasteiger partial charge on any atom is -0.494 e. The Morgan fingerprint density at radius 2 is 2.30 bits per heavy atom. The SMILES string of the molecule is Cn1c(O)c(C2=NNC(c3cccs3)C2)c(=O)[nH]c1=O. The van der Waals surface area contributed by atoms with Gasteiger partial charge in [0.1, 0.15) is 5.56 Å². The van der Waals surface area contributed by atoms with E-state index in [1.54, 1.807) is 11.3 Å². The van der Waals surface area contributed by atoms with Gasteiger partial charge in [-0.1, -0.05) is 6.07 Å². The van der Waals surface area contributed by atoms with E-state index in [1.807, 2.05) is 17.5 Å². The molecule has 8 heteroatoms. The molecule has 1 aliphatic rings. The molecule has 1 unspecified atom stereocenters. The smallest absolute Gasteiger partial charge is 0.330 e. The molecule has 3 heterocycles. The van der Waals surface area contributed by atoms with Crippen LogP contribution in [-0.2, 0) is 7.05 Å². The number of nitrogens with zero attached hydrogens (tertiary/aromatic N) is 2. The molecule has 2 aromatic heterocycles. The first kappa shape index (κ1) is 12.7. The van der Waals surface area contributed by atoms with Crippen molar-refractivity contribution in [2.24, 2.45) is 12.1 Å². The molecular formula is C12H12N4O3S. The van der Waals surface area contributed by atoms with Crippen molar-refractivity contribution in [3.8, 4) is 5.88 Å². The summed E-state index contributed by atoms with van der Waals surface area (Å²) in [6.07, 6.45) is 0.482. The fourth-order valence-corrected chi connectivity index (χ4v) is 2.89. The number of aromatic amines is 1. The van der Waals surface area contributed by atoms with E-state index in [0.29, 0.717) is 12.1 Å². The van der Waals surface area contributed by atoms with E-state index in [2.05, 4.69) is 15.5 Å². The fourth-order valence-electron chi connectivity index (χ4n) is 2.12. The van der Waals surface area contributed by atoms with Crippen LogP contribution in [0.4, 0.5) is 0 Å². The number of aromatic nitrogens is 2. The quantitative estimate of drug-likeness (QED) is 0.740. The molecule has 7 nitrogen and oxygen atoms in total. The molecule has 3 N–H and O–H groups in total. The van der Waals surface area contributed by atoms with Crippen molar-refractivity contribution < 1.29 is 5.11 Å². The summed E-state index contributed by atoms with van der Waals surface area (Å²) in [4.78, 5) is 26.5. The van der Waals surface area contributed by atoms with E-state index >= 15 is 0 Å². The van der Waals surface area contributed by atoms with Crippen molar-refractivity contribution in [3.05, 3.63) is 48.8 Å². The predicted molar refractivity (Wildman–Crippen MR) is 75.3 cm³/mol. The largest absolute Gasteiger partial charge is 0.494 e. The monoisotopic (exact) mass is 292 g/mol. The Morgan fingerprint density at radius 1 is 1.50 bits per heavy atom. The number of aromatic hydroxyl groups is 1. The molecule has 0 aliphatic carbocycles. The molecule has 104 valence electrons. The first-order valence-electron chi connectivity index (χ1n) is 5.96. The van der Waals surface area contributed by atoms with Crippen LogP contribution < -0.4 is 16.7 Å². The fraction of sp³-hybridized carbons (Fsp3) is 0.250. The van der Waals surface area contributed by atoms with E-state index in [-0.39, 0.29) is 17.5 Å². The highest BCUT2D eigenvalue weighted by atomic mass is 32.1. The molecule has 0 saturated heterocycles. The minimum absolute atomic E-state index is 0.0129. The third-order valence-electron chi connectivity index (χ3n) is 3.22. The highest BCUT2D eigenvalue weighted by Crippen LogP contribution is 2.28. The zero-order valence-electron chi connectivity index (χ0n) is 10.6. The average molecular weight is 292 g/mol. The average Bonchev–Trinajstić information content (AvgIpc) is 3.06. The Balaban J connectivity index is 1.98. The predicted octanol–water partition coefficient (Wildman–Crippen LogP) is 0.279. The molecule has 0 saturated carbocycles. The van der Waals surface area contributed by atoms with Gasteiger partial charge in [0.05, 0.1) is 11.8 Å². The second kappa shape index (κ2) is 4.64. The summed E-state index contributed by atoms with van der Waals surface area (Å²) in [5.41, 5.74) is 2.14. The summed E-state index contributed by atoms with van der Waals surface area (Å²) in [5, 5.41) is 16.1. The van der Waals surface area contributed by atoms with E-state index in [9.17, 15) is 14.7 Å². The number of hydrogen-bond acceptors (Lipinski definition) is 6. The number of hydrogen-bond donors (Lipinski definition) is 3. The zero-order chi connectivity index (χ0) is 14.3. The minimum atomic E-state index is -0.655. The zero-order valence-corrected chi connectivity index (χ0v) is 11.4. The Kier molecular flexibility index (Phi) is 2.94. The molecule has 3 rings (SSSR count). The van der Waals surface area contributed by atoms with Crippen molar-refractivity contribution in [1.82, 2.24) is 15.0 Å². The van der Waals surface area contributed by atoms with Gasteiger partial charge in [-0.05, 0) is 11.4 Å². The van der Waals surface area contributed by atoms with Crippen LogP contribution in [0.5, 0.6) is 5.88 Å². The van der Waals surface area contributed by atoms with Gasteiger partial charge in [-0.3, -0.25) is 14.3 Å². The maximum Gasteiger partial charge on any atom is 0.330 e. The standard InChI is InChI=1S/C12H12N4O3S/c1-16-11(18)9(10(17)13-12(16)19)7-5-6(14-15-7)8-3-2-4-20-8/h2-4,6,14,18H,5H2,1H3,(H,13,17,19). The third kappa shape index (κ3) is 1.94. The summed E-state index contributed by atoms with van der Waals surface area (Å²) >= 11 is 1.59. The van der Waals surface area contributed by atoms with Gasteiger partial charge in [0.15, 0.2) is 0 Å². The van der Waals surface area contributed by atoms with Crippen LogP contribution in [0.15, 0.2) is 32.2 Å². The maximum absolute atomic E-state index is 11.9. The second-order valence-corrected chi connectivity index (χ2v) is 5.46. The molecule has 1 aliphatic heterocycles. The summed E-state index contributed by atoms with van der Waals surface area (Å²) < 4.78 is 0.984. The van der Waals surface area contributed by atoms with Crippen LogP contribution in [-0.4, -0.2) is 20.4 Å². The number of rotatable bonds is 2. The summed E-state index contributed by atoms with van der Waals surface area (Å²) in [6.45, 7) is 0. The van der Waals surface area contributed by atoms with Crippen LogP contribution in [0.25, 0.3) is 0 Å². The van der Waals surface area contributed by atoms with Crippen LogP contribution in [0.2, 0.25) is 0 Å². The van der Waals surface area contributed by atoms with E-state index in [1.165, 1.54) is 7.05 Å². The Bertz CT molecular complexity index is 788. The second-order valence-electron chi connectivity index (χ2n) is 4.48. The molecule has 0 aromatic carbocycles. The lowest BCUT2D eigenvalue weighted by Gasteiger charge is -2.07. The lowest BCUT2D eigenvalue weighted by atomic mass is 10.1. The number of nitrogens with one attached hydrogen (secondary N) is 2. The van der Waals surface area contributed by atoms with Crippen LogP contribution in [0.3, 0.4) is 0 Å². The highest BCUT2D eigenvalue weighted by Gasteiger charge is 2.26. The van der Waals surface area contributed by atoms with Crippen LogP contribution >= 0.6 is 11.3 Å². The lowest BCUT2D eigenvalue weighted by Crippen LogP contribution is -2.32. The Hall–Kier alpha value is -2.35. The summed E-state index contributed by atoms with van der Waals surface area (Å²) in [6, 6.07) is 3.91. The lowest BCUT2D eigenvalue weighted by molar-refractivity contribution is 0.416. The molecule has 0 fully saturated rings. The van der Waals surface area contributed by atoms with Gasteiger partial charge in [0.25, 0.3) is 5.56 Å². The van der Waals surface area contributed by atoms with Crippen molar-refractivity contribution in [2.45, 2.75) is 12.5 Å². The molecular weight excluding hydrogens is 280 g/mol. The van der Waals surface area contributed by atoms with Crippen molar-refractivity contribution in [2.75, 3.05) is 0 Å². The summed E-state index contributed by atoms with van der Waals surface area (Å²) in [7, 11) is 1.39. The molecule has 0 bridgehead atoms. The highest BCUT2D eigenvalue weighted by molar-refractivity contribution is 7.10. The molecule has 0 spiro atoms. The van der Waals surface area contributed by atoms with E-state index < -0.39 is 11.2 Å². The van der Waals surface area contributed by atoms with Crippen molar-refractivity contribution >= 4 is 17.0 Å². The normalized spacial score (nSPS) is 17.9. The van der Waals surface area contributed by atoms with E-state index in [0.717, 1.165) is 9.44 Å². The Morgan fingerprint density at radius 3 is 3.00 bits per heavy atom. The van der Waals surface area contributed by atoms with Gasteiger partial charge in [0.2, 0.25) is 5.88 Å². The van der Waals surface area contributed by atoms with Gasteiger partial charge in [-0.2, -0.15) is 5.10 Å². The topological polar surface area (TPSA) is 99.5 Å². The number of hydrazone groups is 1. The number of thiophene rings is 1. The first-order chi connectivity index (χ1) is 9.58. The Labute approximate surface area is 117 Å². The van der Waals surface area contributed by atoms with E-state index in [4.69, 9.17) is 0 Å². The number of H-pyrrole nitrogens is 1. The summed E-state index contributed by atoms with van der Waals surface area (Å²) in [5.74, 6) is -0.369. The van der Waals surface area contributed by atoms with Gasteiger partial charge in [-0.15, -0.1) is 11.3 Å². The third-order valence-corrected chi connectivity index (χ3v) is 4.21. The molecule has 0 radical (unpaired) electrons. The molecule has 2 aromatic rings. The van der Waals surface area contributed by atoms with Gasteiger partial charge in [-0.25, -0.2) is 4.79 Å². The van der Waals surface area contributed by atoms with Crippen LogP contribution in [0, 0.1) is 0 Å². The molecule has 0 amide bonds. The van der Waals surface area contributed by atoms with Crippen molar-refractivity contribution in [3.63, 3.8) is 0 Å².